The molecule has 1 rings (SSSR count). The van der Waals surface area contributed by atoms with Crippen molar-refractivity contribution < 1.29 is 19.6 Å². The molecule has 0 bridgehead atoms. The standard InChI is InChI=1S/C18H35N5O4/c1-13(2)16(22-27)18(26)21-14(17(25)20-12-15(19)24)8-4-7-11-23-9-5-3-6-10-23/h13-14,16,22,27H,3-12H2,1-2H3,(H2,19,24)(H,20,25)(H,21,26)/t14-,16-/m0/s1. The Kier molecular flexibility index (Phi) is 10.9. The van der Waals surface area contributed by atoms with Gasteiger partial charge in [-0.05, 0) is 57.7 Å². The van der Waals surface area contributed by atoms with Crippen LogP contribution in [0.3, 0.4) is 0 Å². The van der Waals surface area contributed by atoms with Gasteiger partial charge in [0, 0.05) is 0 Å². The largest absolute Gasteiger partial charge is 0.368 e. The van der Waals surface area contributed by atoms with Gasteiger partial charge in [0.05, 0.1) is 6.54 Å². The van der Waals surface area contributed by atoms with Crippen LogP contribution in [0.4, 0.5) is 0 Å². The second kappa shape index (κ2) is 12.6. The summed E-state index contributed by atoms with van der Waals surface area (Å²) < 4.78 is 0. The average Bonchev–Trinajstić information content (AvgIpc) is 2.63. The van der Waals surface area contributed by atoms with Gasteiger partial charge in [0.15, 0.2) is 0 Å². The number of unbranched alkanes of at least 4 members (excludes halogenated alkanes) is 1. The smallest absolute Gasteiger partial charge is 0.243 e. The summed E-state index contributed by atoms with van der Waals surface area (Å²) in [6.45, 7) is 6.53. The minimum Gasteiger partial charge on any atom is -0.368 e. The third kappa shape index (κ3) is 9.16. The molecule has 1 saturated heterocycles. The molecule has 9 heteroatoms. The van der Waals surface area contributed by atoms with Crippen LogP contribution in [-0.2, 0) is 14.4 Å². The summed E-state index contributed by atoms with van der Waals surface area (Å²) >= 11 is 0. The summed E-state index contributed by atoms with van der Waals surface area (Å²) in [6.07, 6.45) is 5.92. The summed E-state index contributed by atoms with van der Waals surface area (Å²) in [5, 5.41) is 14.3. The lowest BCUT2D eigenvalue weighted by molar-refractivity contribution is -0.133. The maximum atomic E-state index is 12.3. The number of nitrogens with zero attached hydrogens (tertiary/aromatic N) is 1. The van der Waals surface area contributed by atoms with E-state index in [0.717, 1.165) is 32.5 Å². The zero-order chi connectivity index (χ0) is 20.2. The highest BCUT2D eigenvalue weighted by atomic mass is 16.5. The molecule has 0 aromatic heterocycles. The highest BCUT2D eigenvalue weighted by Gasteiger charge is 2.27. The van der Waals surface area contributed by atoms with Crippen molar-refractivity contribution >= 4 is 17.7 Å². The van der Waals surface area contributed by atoms with Crippen LogP contribution in [0.15, 0.2) is 0 Å². The molecule has 0 aliphatic carbocycles. The highest BCUT2D eigenvalue weighted by molar-refractivity contribution is 5.91. The number of carbonyl (C=O) groups is 3. The Hall–Kier alpha value is -1.71. The van der Waals surface area contributed by atoms with Gasteiger partial charge in [-0.2, -0.15) is 5.48 Å². The number of carbonyl (C=O) groups excluding carboxylic acids is 3. The van der Waals surface area contributed by atoms with Crippen LogP contribution >= 0.6 is 0 Å². The quantitative estimate of drug-likeness (QED) is 0.232. The predicted molar refractivity (Wildman–Crippen MR) is 102 cm³/mol. The normalized spacial score (nSPS) is 17.3. The van der Waals surface area contributed by atoms with E-state index in [4.69, 9.17) is 5.73 Å². The van der Waals surface area contributed by atoms with E-state index in [2.05, 4.69) is 15.5 Å². The van der Waals surface area contributed by atoms with E-state index >= 15 is 0 Å². The third-order valence-electron chi connectivity index (χ3n) is 4.82. The van der Waals surface area contributed by atoms with Crippen LogP contribution in [0.5, 0.6) is 0 Å². The second-order valence-electron chi connectivity index (χ2n) is 7.49. The van der Waals surface area contributed by atoms with Gasteiger partial charge in [-0.15, -0.1) is 0 Å². The number of rotatable bonds is 12. The van der Waals surface area contributed by atoms with Crippen molar-refractivity contribution in [1.82, 2.24) is 21.0 Å². The summed E-state index contributed by atoms with van der Waals surface area (Å²) in [5.74, 6) is -1.69. The summed E-state index contributed by atoms with van der Waals surface area (Å²) in [7, 11) is 0. The van der Waals surface area contributed by atoms with E-state index in [1.807, 2.05) is 5.48 Å². The lowest BCUT2D eigenvalue weighted by atomic mass is 10.0. The van der Waals surface area contributed by atoms with Crippen molar-refractivity contribution in [3.8, 4) is 0 Å². The zero-order valence-electron chi connectivity index (χ0n) is 16.5. The Bertz CT molecular complexity index is 480. The van der Waals surface area contributed by atoms with Crippen molar-refractivity contribution in [1.29, 1.82) is 0 Å². The number of likely N-dealkylation sites (tertiary alicyclic amines) is 1. The third-order valence-corrected chi connectivity index (χ3v) is 4.82. The van der Waals surface area contributed by atoms with Gasteiger partial charge >= 0.3 is 0 Å². The Morgan fingerprint density at radius 2 is 1.74 bits per heavy atom. The van der Waals surface area contributed by atoms with Gasteiger partial charge in [0.2, 0.25) is 17.7 Å². The molecule has 3 amide bonds. The molecular weight excluding hydrogens is 350 g/mol. The topological polar surface area (TPSA) is 137 Å². The van der Waals surface area contributed by atoms with Crippen LogP contribution < -0.4 is 21.8 Å². The molecule has 1 aliphatic rings. The Balaban J connectivity index is 2.54. The maximum Gasteiger partial charge on any atom is 0.243 e. The first-order valence-corrected chi connectivity index (χ1v) is 9.83. The van der Waals surface area contributed by atoms with E-state index in [1.54, 1.807) is 13.8 Å². The van der Waals surface area contributed by atoms with Crippen LogP contribution in [0.1, 0.15) is 52.4 Å². The fourth-order valence-corrected chi connectivity index (χ4v) is 3.21. The van der Waals surface area contributed by atoms with E-state index in [0.29, 0.717) is 6.42 Å². The minimum atomic E-state index is -0.815. The van der Waals surface area contributed by atoms with Crippen molar-refractivity contribution in [3.05, 3.63) is 0 Å². The molecule has 27 heavy (non-hydrogen) atoms. The van der Waals surface area contributed by atoms with Crippen molar-refractivity contribution in [2.75, 3.05) is 26.2 Å². The SMILES string of the molecule is CC(C)[C@H](NO)C(=O)N[C@@H](CCCCN1CCCCC1)C(=O)NCC(N)=O. The molecular formula is C18H35N5O4. The van der Waals surface area contributed by atoms with Gasteiger partial charge in [-0.1, -0.05) is 20.3 Å². The molecule has 156 valence electrons. The van der Waals surface area contributed by atoms with Gasteiger partial charge in [0.25, 0.3) is 0 Å². The Labute approximate surface area is 161 Å². The summed E-state index contributed by atoms with van der Waals surface area (Å²) in [4.78, 5) is 38.0. The Morgan fingerprint density at radius 1 is 1.07 bits per heavy atom. The number of amides is 3. The lowest BCUT2D eigenvalue weighted by Gasteiger charge is -2.27. The molecule has 0 radical (unpaired) electrons. The molecule has 1 aliphatic heterocycles. The lowest BCUT2D eigenvalue weighted by Crippen LogP contribution is -2.54. The first-order chi connectivity index (χ1) is 12.8. The first-order valence-electron chi connectivity index (χ1n) is 9.83. The van der Waals surface area contributed by atoms with E-state index < -0.39 is 29.8 Å². The molecule has 0 unspecified atom stereocenters. The number of hydrogen-bond acceptors (Lipinski definition) is 6. The van der Waals surface area contributed by atoms with Gasteiger partial charge in [-0.25, -0.2) is 0 Å². The summed E-state index contributed by atoms with van der Waals surface area (Å²) in [5.41, 5.74) is 7.05. The molecule has 0 aromatic carbocycles. The van der Waals surface area contributed by atoms with Gasteiger partial charge in [0.1, 0.15) is 12.1 Å². The summed E-state index contributed by atoms with van der Waals surface area (Å²) in [6, 6.07) is -1.59. The molecule has 9 nitrogen and oxygen atoms in total. The maximum absolute atomic E-state index is 12.3. The van der Waals surface area contributed by atoms with Crippen LogP contribution in [-0.4, -0.2) is 66.1 Å². The second-order valence-corrected chi connectivity index (χ2v) is 7.49. The number of nitrogens with one attached hydrogen (secondary N) is 3. The van der Waals surface area contributed by atoms with Crippen LogP contribution in [0.2, 0.25) is 0 Å². The van der Waals surface area contributed by atoms with E-state index in [-0.39, 0.29) is 12.5 Å². The first kappa shape index (κ1) is 23.3. The molecule has 1 fully saturated rings. The number of hydroxylamine groups is 1. The van der Waals surface area contributed by atoms with E-state index in [1.165, 1.54) is 19.3 Å². The monoisotopic (exact) mass is 385 g/mol. The van der Waals surface area contributed by atoms with Crippen LogP contribution in [0, 0.1) is 5.92 Å². The minimum absolute atomic E-state index is 0.150. The zero-order valence-corrected chi connectivity index (χ0v) is 16.5. The molecule has 0 aromatic rings. The fourth-order valence-electron chi connectivity index (χ4n) is 3.21. The van der Waals surface area contributed by atoms with E-state index in [9.17, 15) is 19.6 Å². The highest BCUT2D eigenvalue weighted by Crippen LogP contribution is 2.11. The van der Waals surface area contributed by atoms with Crippen molar-refractivity contribution in [3.63, 3.8) is 0 Å². The van der Waals surface area contributed by atoms with Crippen LogP contribution in [0.25, 0.3) is 0 Å². The number of primary amides is 1. The molecule has 1 heterocycles. The number of piperidine rings is 1. The molecule has 2 atom stereocenters. The van der Waals surface area contributed by atoms with Gasteiger partial charge < -0.3 is 26.5 Å². The number of hydrogen-bond donors (Lipinski definition) is 5. The van der Waals surface area contributed by atoms with Crippen molar-refractivity contribution in [2.24, 2.45) is 11.7 Å². The fraction of sp³-hybridized carbons (Fsp3) is 0.833. The van der Waals surface area contributed by atoms with Crippen molar-refractivity contribution in [2.45, 2.75) is 64.5 Å². The molecule has 0 spiro atoms. The average molecular weight is 386 g/mol. The number of nitrogens with two attached hydrogens (primary N) is 1. The predicted octanol–water partition coefficient (Wildman–Crippen LogP) is -0.268. The van der Waals surface area contributed by atoms with Gasteiger partial charge in [-0.3, -0.25) is 14.4 Å². The molecule has 6 N–H and O–H groups in total. The molecule has 0 saturated carbocycles. The Morgan fingerprint density at radius 3 is 2.30 bits per heavy atom.